The standard InChI is InChI=1S/C17H10ClN3S.2C17H12N4S/c3*18-15-14-12(11-6-2-1-3-7-11)10-22-17(14)21-16(20-15)13-8-4-5-9-19-13/h1-10H;2*1-10H,(H2,18,20,21). The lowest BCUT2D eigenvalue weighted by molar-refractivity contribution is 1.18. The molecule has 0 unspecified atom stereocenters. The number of benzene rings is 3. The van der Waals surface area contributed by atoms with Crippen LogP contribution < -0.4 is 11.5 Å². The minimum Gasteiger partial charge on any atom is -0.383 e. The number of nitrogens with zero attached hydrogens (tertiary/aromatic N) is 9. The molecule has 3 aromatic carbocycles. The number of nitrogens with two attached hydrogens (primary N) is 2. The SMILES string of the molecule is Clc1nc(-c2ccccn2)nc2scc(-c3ccccc3)c12.Nc1nc(-c2ccccn2)nc2scc(-c3ccccc3)c12.Nc1nc(-c2ccccn2)nc2scc(-c3ccccc3)c12. The second-order valence-corrected chi connectivity index (χ2v) is 17.4. The Balaban J connectivity index is 0.000000116. The van der Waals surface area contributed by atoms with Crippen molar-refractivity contribution in [1.82, 2.24) is 44.9 Å². The largest absolute Gasteiger partial charge is 0.383 e. The molecule has 12 rings (SSSR count). The topological polar surface area (TPSA) is 168 Å². The van der Waals surface area contributed by atoms with Crippen LogP contribution in [0.25, 0.3) is 98.6 Å². The summed E-state index contributed by atoms with van der Waals surface area (Å²) in [5.74, 6) is 2.66. The fourth-order valence-electron chi connectivity index (χ4n) is 7.16. The van der Waals surface area contributed by atoms with Crippen molar-refractivity contribution in [2.45, 2.75) is 0 Å². The van der Waals surface area contributed by atoms with E-state index in [1.807, 2.05) is 109 Å². The van der Waals surface area contributed by atoms with Crippen molar-refractivity contribution in [3.05, 3.63) is 185 Å². The van der Waals surface area contributed by atoms with E-state index in [0.717, 1.165) is 81.1 Å². The van der Waals surface area contributed by atoms with Gasteiger partial charge in [-0.1, -0.05) is 121 Å². The van der Waals surface area contributed by atoms with Gasteiger partial charge in [0.15, 0.2) is 17.5 Å². The van der Waals surface area contributed by atoms with Crippen LogP contribution in [0, 0.1) is 0 Å². The van der Waals surface area contributed by atoms with E-state index in [-0.39, 0.29) is 0 Å². The number of nitrogen functional groups attached to an aromatic ring is 2. The molecule has 0 fully saturated rings. The molecule has 4 N–H and O–H groups in total. The fraction of sp³-hybridized carbons (Fsp3) is 0. The van der Waals surface area contributed by atoms with Crippen LogP contribution in [-0.2, 0) is 0 Å². The normalized spacial score (nSPS) is 10.9. The lowest BCUT2D eigenvalue weighted by Crippen LogP contribution is -1.97. The highest BCUT2D eigenvalue weighted by Gasteiger charge is 2.18. The van der Waals surface area contributed by atoms with Crippen molar-refractivity contribution in [3.63, 3.8) is 0 Å². The number of hydrogen-bond acceptors (Lipinski definition) is 14. The first-order chi connectivity index (χ1) is 32.5. The van der Waals surface area contributed by atoms with Crippen molar-refractivity contribution >= 4 is 87.9 Å². The van der Waals surface area contributed by atoms with Gasteiger partial charge in [-0.2, -0.15) is 0 Å². The first kappa shape index (κ1) is 42.1. The summed E-state index contributed by atoms with van der Waals surface area (Å²) < 4.78 is 0. The van der Waals surface area contributed by atoms with Crippen LogP contribution in [0.2, 0.25) is 5.15 Å². The van der Waals surface area contributed by atoms with E-state index in [0.29, 0.717) is 34.3 Å². The van der Waals surface area contributed by atoms with Crippen LogP contribution in [0.3, 0.4) is 0 Å². The Hall–Kier alpha value is -7.88. The van der Waals surface area contributed by atoms with Gasteiger partial charge in [-0.3, -0.25) is 15.0 Å². The molecule has 66 heavy (non-hydrogen) atoms. The molecule has 318 valence electrons. The quantitative estimate of drug-likeness (QED) is 0.152. The van der Waals surface area contributed by atoms with Crippen LogP contribution in [0.15, 0.2) is 180 Å². The van der Waals surface area contributed by atoms with Gasteiger partial charge in [0.2, 0.25) is 0 Å². The summed E-state index contributed by atoms with van der Waals surface area (Å²) >= 11 is 11.2. The second kappa shape index (κ2) is 19.1. The molecule has 0 atom stereocenters. The van der Waals surface area contributed by atoms with Crippen LogP contribution in [-0.4, -0.2) is 44.9 Å². The maximum absolute atomic E-state index is 6.44. The number of thiophene rings is 3. The fourth-order valence-corrected chi connectivity index (χ4v) is 10.3. The van der Waals surface area contributed by atoms with Gasteiger partial charge in [-0.15, -0.1) is 34.0 Å². The number of halogens is 1. The molecule has 0 saturated heterocycles. The van der Waals surface area contributed by atoms with E-state index in [2.05, 4.69) is 97.4 Å². The first-order valence-electron chi connectivity index (χ1n) is 20.4. The lowest BCUT2D eigenvalue weighted by atomic mass is 10.1. The summed E-state index contributed by atoms with van der Waals surface area (Å²) in [5, 5.41) is 9.42. The molecule has 12 aromatic rings. The van der Waals surface area contributed by atoms with E-state index < -0.39 is 0 Å². The predicted molar refractivity (Wildman–Crippen MR) is 272 cm³/mol. The van der Waals surface area contributed by atoms with Crippen LogP contribution in [0.4, 0.5) is 11.6 Å². The van der Waals surface area contributed by atoms with Gasteiger partial charge in [-0.25, -0.2) is 29.9 Å². The number of fused-ring (bicyclic) bond motifs is 3. The summed E-state index contributed by atoms with van der Waals surface area (Å²) in [7, 11) is 0. The minimum atomic E-state index is 0.464. The molecule has 0 amide bonds. The number of pyridine rings is 3. The number of aromatic nitrogens is 9. The van der Waals surface area contributed by atoms with Crippen LogP contribution >= 0.6 is 45.6 Å². The average Bonchev–Trinajstić information content (AvgIpc) is 4.15. The third kappa shape index (κ3) is 8.81. The van der Waals surface area contributed by atoms with Gasteiger partial charge in [0.25, 0.3) is 0 Å². The minimum absolute atomic E-state index is 0.464. The first-order valence-corrected chi connectivity index (χ1v) is 23.4. The lowest BCUT2D eigenvalue weighted by Gasteiger charge is -2.04. The highest BCUT2D eigenvalue weighted by atomic mass is 35.5. The van der Waals surface area contributed by atoms with Crippen molar-refractivity contribution in [1.29, 1.82) is 0 Å². The molecule has 0 aliphatic carbocycles. The summed E-state index contributed by atoms with van der Waals surface area (Å²) in [6, 6.07) is 47.4. The predicted octanol–water partition coefficient (Wildman–Crippen LogP) is 13.1. The molecule has 0 bridgehead atoms. The Labute approximate surface area is 395 Å². The van der Waals surface area contributed by atoms with Crippen molar-refractivity contribution in [3.8, 4) is 67.9 Å². The number of hydrogen-bond donors (Lipinski definition) is 2. The summed E-state index contributed by atoms with van der Waals surface area (Å²) in [6.07, 6.45) is 5.17. The van der Waals surface area contributed by atoms with Gasteiger partial charge in [0.05, 0.1) is 16.2 Å². The van der Waals surface area contributed by atoms with Gasteiger partial charge in [0, 0.05) is 51.4 Å². The molecule has 11 nitrogen and oxygen atoms in total. The van der Waals surface area contributed by atoms with E-state index >= 15 is 0 Å². The molecule has 0 saturated carbocycles. The van der Waals surface area contributed by atoms with Gasteiger partial charge >= 0.3 is 0 Å². The summed E-state index contributed by atoms with van der Waals surface area (Å²) in [5.41, 5.74) is 21.2. The zero-order valence-corrected chi connectivity index (χ0v) is 37.8. The summed E-state index contributed by atoms with van der Waals surface area (Å²) in [4.78, 5) is 42.6. The van der Waals surface area contributed by atoms with Crippen molar-refractivity contribution in [2.24, 2.45) is 0 Å². The maximum Gasteiger partial charge on any atom is 0.181 e. The Bertz CT molecular complexity index is 3180. The zero-order valence-electron chi connectivity index (χ0n) is 34.6. The number of rotatable bonds is 6. The Morgan fingerprint density at radius 1 is 0.348 bits per heavy atom. The molecular weight excluding hydrogens is 898 g/mol. The molecular formula is C51H34ClN11S3. The Kier molecular flexibility index (Phi) is 12.2. The van der Waals surface area contributed by atoms with Gasteiger partial charge in [0.1, 0.15) is 48.4 Å². The van der Waals surface area contributed by atoms with Gasteiger partial charge in [-0.05, 0) is 53.1 Å². The molecule has 0 aliphatic heterocycles. The molecule has 15 heteroatoms. The highest BCUT2D eigenvalue weighted by molar-refractivity contribution is 7.18. The van der Waals surface area contributed by atoms with Gasteiger partial charge < -0.3 is 11.5 Å². The van der Waals surface area contributed by atoms with Crippen LogP contribution in [0.1, 0.15) is 0 Å². The third-order valence-corrected chi connectivity index (χ3v) is 13.1. The van der Waals surface area contributed by atoms with E-state index in [9.17, 15) is 0 Å². The third-order valence-electron chi connectivity index (χ3n) is 10.2. The van der Waals surface area contributed by atoms with E-state index in [1.165, 1.54) is 0 Å². The van der Waals surface area contributed by atoms with Crippen molar-refractivity contribution in [2.75, 3.05) is 11.5 Å². The smallest absolute Gasteiger partial charge is 0.181 e. The monoisotopic (exact) mass is 931 g/mol. The van der Waals surface area contributed by atoms with E-state index in [1.54, 1.807) is 52.6 Å². The highest BCUT2D eigenvalue weighted by Crippen LogP contribution is 2.39. The zero-order chi connectivity index (χ0) is 44.8. The molecule has 9 heterocycles. The molecule has 0 aliphatic rings. The second-order valence-electron chi connectivity index (χ2n) is 14.4. The molecule has 0 spiro atoms. The Morgan fingerprint density at radius 3 is 1.02 bits per heavy atom. The molecule has 9 aromatic heterocycles. The Morgan fingerprint density at radius 2 is 0.667 bits per heavy atom. The maximum atomic E-state index is 6.44. The van der Waals surface area contributed by atoms with Crippen LogP contribution in [0.5, 0.6) is 0 Å². The summed E-state index contributed by atoms with van der Waals surface area (Å²) in [6.45, 7) is 0. The molecule has 0 radical (unpaired) electrons. The number of anilines is 2. The average molecular weight is 933 g/mol. The van der Waals surface area contributed by atoms with Crippen molar-refractivity contribution < 1.29 is 0 Å². The van der Waals surface area contributed by atoms with E-state index in [4.69, 9.17) is 23.1 Å².